The maximum atomic E-state index is 11.5. The average molecular weight is 254 g/mol. The summed E-state index contributed by atoms with van der Waals surface area (Å²) in [4.78, 5) is 14.0. The van der Waals surface area contributed by atoms with E-state index in [4.69, 9.17) is 0 Å². The molecule has 0 bridgehead atoms. The first-order chi connectivity index (χ1) is 8.59. The molecular weight excluding hydrogens is 224 g/mol. The topological polar surface area (TPSA) is 32.3 Å². The molecule has 3 heteroatoms. The van der Waals surface area contributed by atoms with Crippen molar-refractivity contribution in [2.75, 3.05) is 20.1 Å². The van der Waals surface area contributed by atoms with Crippen LogP contribution in [0.4, 0.5) is 0 Å². The lowest BCUT2D eigenvalue weighted by molar-refractivity contribution is -0.121. The lowest BCUT2D eigenvalue weighted by Gasteiger charge is -2.31. The van der Waals surface area contributed by atoms with Crippen molar-refractivity contribution in [3.8, 4) is 0 Å². The zero-order valence-corrected chi connectivity index (χ0v) is 12.4. The van der Waals surface area contributed by atoms with Gasteiger partial charge < -0.3 is 10.2 Å². The highest BCUT2D eigenvalue weighted by Crippen LogP contribution is 2.21. The Morgan fingerprint density at radius 3 is 2.56 bits per heavy atom. The summed E-state index contributed by atoms with van der Waals surface area (Å²) >= 11 is 0. The van der Waals surface area contributed by atoms with E-state index in [0.29, 0.717) is 12.3 Å². The fourth-order valence-corrected chi connectivity index (χ4v) is 2.70. The Kier molecular flexibility index (Phi) is 7.33. The monoisotopic (exact) mass is 254 g/mol. The summed E-state index contributed by atoms with van der Waals surface area (Å²) in [6, 6.07) is 0.783. The number of hydrogen-bond acceptors (Lipinski definition) is 2. The summed E-state index contributed by atoms with van der Waals surface area (Å²) in [6.45, 7) is 6.09. The highest BCUT2D eigenvalue weighted by molar-refractivity contribution is 5.75. The molecule has 1 fully saturated rings. The lowest BCUT2D eigenvalue weighted by atomic mass is 9.94. The van der Waals surface area contributed by atoms with Gasteiger partial charge in [0.15, 0.2) is 0 Å². The number of amides is 1. The van der Waals surface area contributed by atoms with Crippen molar-refractivity contribution in [2.45, 2.75) is 64.8 Å². The van der Waals surface area contributed by atoms with Crippen LogP contribution in [-0.4, -0.2) is 37.0 Å². The van der Waals surface area contributed by atoms with Gasteiger partial charge in [0.05, 0.1) is 0 Å². The minimum absolute atomic E-state index is 0.199. The standard InChI is InChI=1S/C15H30N2O/c1-13(2)12-15(18)16-10-7-11-17(3)14-8-5-4-6-9-14/h13-14H,4-12H2,1-3H3,(H,16,18). The largest absolute Gasteiger partial charge is 0.356 e. The molecule has 18 heavy (non-hydrogen) atoms. The van der Waals surface area contributed by atoms with Gasteiger partial charge in [0.1, 0.15) is 0 Å². The molecule has 1 aliphatic carbocycles. The summed E-state index contributed by atoms with van der Waals surface area (Å²) in [5.41, 5.74) is 0. The molecule has 1 N–H and O–H groups in total. The van der Waals surface area contributed by atoms with Crippen molar-refractivity contribution in [1.82, 2.24) is 10.2 Å². The Hall–Kier alpha value is -0.570. The maximum Gasteiger partial charge on any atom is 0.220 e. The van der Waals surface area contributed by atoms with Gasteiger partial charge in [0, 0.05) is 19.0 Å². The lowest BCUT2D eigenvalue weighted by Crippen LogP contribution is -2.36. The Bertz CT molecular complexity index is 235. The molecular formula is C15H30N2O. The molecule has 1 rings (SSSR count). The van der Waals surface area contributed by atoms with Gasteiger partial charge in [-0.3, -0.25) is 4.79 Å². The highest BCUT2D eigenvalue weighted by Gasteiger charge is 2.17. The average Bonchev–Trinajstić information content (AvgIpc) is 2.34. The van der Waals surface area contributed by atoms with Crippen LogP contribution in [0.3, 0.4) is 0 Å². The number of nitrogens with zero attached hydrogens (tertiary/aromatic N) is 1. The van der Waals surface area contributed by atoms with E-state index >= 15 is 0 Å². The minimum Gasteiger partial charge on any atom is -0.356 e. The fourth-order valence-electron chi connectivity index (χ4n) is 2.70. The summed E-state index contributed by atoms with van der Waals surface area (Å²) < 4.78 is 0. The van der Waals surface area contributed by atoms with Crippen LogP contribution >= 0.6 is 0 Å². The van der Waals surface area contributed by atoms with E-state index in [0.717, 1.165) is 25.6 Å². The summed E-state index contributed by atoms with van der Waals surface area (Å²) in [7, 11) is 2.23. The Labute approximate surface area is 112 Å². The molecule has 0 unspecified atom stereocenters. The van der Waals surface area contributed by atoms with Gasteiger partial charge in [0.25, 0.3) is 0 Å². The van der Waals surface area contributed by atoms with Crippen molar-refractivity contribution < 1.29 is 4.79 Å². The Morgan fingerprint density at radius 2 is 1.94 bits per heavy atom. The van der Waals surface area contributed by atoms with Crippen molar-refractivity contribution in [3.63, 3.8) is 0 Å². The van der Waals surface area contributed by atoms with Crippen LogP contribution in [0.2, 0.25) is 0 Å². The second kappa shape index (κ2) is 8.52. The van der Waals surface area contributed by atoms with E-state index in [9.17, 15) is 4.79 Å². The van der Waals surface area contributed by atoms with E-state index in [-0.39, 0.29) is 5.91 Å². The van der Waals surface area contributed by atoms with Crippen LogP contribution < -0.4 is 5.32 Å². The first-order valence-corrected chi connectivity index (χ1v) is 7.56. The number of hydrogen-bond donors (Lipinski definition) is 1. The Balaban J connectivity index is 2.04. The normalized spacial score (nSPS) is 17.4. The van der Waals surface area contributed by atoms with E-state index in [1.54, 1.807) is 0 Å². The predicted octanol–water partition coefficient (Wildman–Crippen LogP) is 2.80. The van der Waals surface area contributed by atoms with E-state index in [1.165, 1.54) is 32.1 Å². The van der Waals surface area contributed by atoms with Gasteiger partial charge in [-0.25, -0.2) is 0 Å². The summed E-state index contributed by atoms with van der Waals surface area (Å²) in [5.74, 6) is 0.653. The van der Waals surface area contributed by atoms with Gasteiger partial charge in [-0.15, -0.1) is 0 Å². The number of carbonyl (C=O) groups excluding carboxylic acids is 1. The summed E-state index contributed by atoms with van der Waals surface area (Å²) in [6.07, 6.45) is 8.62. The van der Waals surface area contributed by atoms with Gasteiger partial charge in [-0.2, -0.15) is 0 Å². The van der Waals surface area contributed by atoms with Crippen LogP contribution in [0.1, 0.15) is 58.8 Å². The molecule has 106 valence electrons. The molecule has 0 saturated heterocycles. The smallest absolute Gasteiger partial charge is 0.220 e. The zero-order valence-electron chi connectivity index (χ0n) is 12.4. The van der Waals surface area contributed by atoms with Crippen molar-refractivity contribution in [3.05, 3.63) is 0 Å². The molecule has 1 aliphatic rings. The molecule has 0 spiro atoms. The number of rotatable bonds is 7. The quantitative estimate of drug-likeness (QED) is 0.709. The molecule has 0 heterocycles. The van der Waals surface area contributed by atoms with Gasteiger partial charge in [0.2, 0.25) is 5.91 Å². The van der Waals surface area contributed by atoms with Gasteiger partial charge in [-0.05, 0) is 38.8 Å². The molecule has 0 aliphatic heterocycles. The van der Waals surface area contributed by atoms with Gasteiger partial charge >= 0.3 is 0 Å². The van der Waals surface area contributed by atoms with Gasteiger partial charge in [-0.1, -0.05) is 33.1 Å². The zero-order chi connectivity index (χ0) is 13.4. The third kappa shape index (κ3) is 6.39. The van der Waals surface area contributed by atoms with Crippen LogP contribution in [0, 0.1) is 5.92 Å². The van der Waals surface area contributed by atoms with Crippen molar-refractivity contribution >= 4 is 5.91 Å². The molecule has 0 aromatic carbocycles. The van der Waals surface area contributed by atoms with Crippen LogP contribution in [0.25, 0.3) is 0 Å². The third-order valence-electron chi connectivity index (χ3n) is 3.80. The number of carbonyl (C=O) groups is 1. The SMILES string of the molecule is CC(C)CC(=O)NCCCN(C)C1CCCCC1. The van der Waals surface area contributed by atoms with E-state index in [2.05, 4.69) is 31.1 Å². The predicted molar refractivity (Wildman–Crippen MR) is 76.6 cm³/mol. The molecule has 0 aromatic rings. The second-order valence-electron chi connectivity index (χ2n) is 6.07. The molecule has 1 amide bonds. The second-order valence-corrected chi connectivity index (χ2v) is 6.07. The van der Waals surface area contributed by atoms with Crippen LogP contribution in [0.15, 0.2) is 0 Å². The number of nitrogens with one attached hydrogen (secondary N) is 1. The molecule has 0 atom stereocenters. The molecule has 1 saturated carbocycles. The van der Waals surface area contributed by atoms with Crippen LogP contribution in [0.5, 0.6) is 0 Å². The molecule has 3 nitrogen and oxygen atoms in total. The maximum absolute atomic E-state index is 11.5. The fraction of sp³-hybridized carbons (Fsp3) is 0.933. The molecule has 0 aromatic heterocycles. The highest BCUT2D eigenvalue weighted by atomic mass is 16.1. The minimum atomic E-state index is 0.199. The first-order valence-electron chi connectivity index (χ1n) is 7.56. The first kappa shape index (κ1) is 15.5. The summed E-state index contributed by atoms with van der Waals surface area (Å²) in [5, 5.41) is 3.01. The van der Waals surface area contributed by atoms with Crippen molar-refractivity contribution in [2.24, 2.45) is 5.92 Å². The van der Waals surface area contributed by atoms with E-state index < -0.39 is 0 Å². The van der Waals surface area contributed by atoms with E-state index in [1.807, 2.05) is 0 Å². The third-order valence-corrected chi connectivity index (χ3v) is 3.80. The van der Waals surface area contributed by atoms with Crippen LogP contribution in [-0.2, 0) is 4.79 Å². The van der Waals surface area contributed by atoms with Crippen molar-refractivity contribution in [1.29, 1.82) is 0 Å². The Morgan fingerprint density at radius 1 is 1.28 bits per heavy atom. The molecule has 0 radical (unpaired) electrons.